The van der Waals surface area contributed by atoms with Crippen molar-refractivity contribution in [2.24, 2.45) is 5.41 Å². The van der Waals surface area contributed by atoms with E-state index in [1.54, 1.807) is 19.9 Å². The van der Waals surface area contributed by atoms with Crippen molar-refractivity contribution in [3.63, 3.8) is 0 Å². The Morgan fingerprint density at radius 1 is 1.56 bits per heavy atom. The molecule has 0 aromatic heterocycles. The minimum Gasteiger partial charge on any atom is -0.481 e. The number of carboxylic acid groups (broad SMARTS) is 1. The van der Waals surface area contributed by atoms with E-state index in [0.717, 1.165) is 0 Å². The number of aliphatic carboxylic acids is 1. The Morgan fingerprint density at radius 3 is 2.69 bits per heavy atom. The van der Waals surface area contributed by atoms with E-state index in [0.29, 0.717) is 5.56 Å². The molecular weight excluding hydrogens is 209 g/mol. The molecule has 0 heterocycles. The van der Waals surface area contributed by atoms with Crippen molar-refractivity contribution in [2.45, 2.75) is 20.3 Å². The number of hydrogen-bond acceptors (Lipinski definition) is 2. The van der Waals surface area contributed by atoms with Crippen LogP contribution in [-0.4, -0.2) is 11.1 Å². The average Bonchev–Trinajstić information content (AvgIpc) is 2.20. The molecule has 0 atom stereocenters. The predicted octanol–water partition coefficient (Wildman–Crippen LogP) is 2.35. The Bertz CT molecular complexity index is 461. The Balaban J connectivity index is 3.00. The van der Waals surface area contributed by atoms with Gasteiger partial charge in [0.15, 0.2) is 0 Å². The quantitative estimate of drug-likeness (QED) is 0.852. The van der Waals surface area contributed by atoms with E-state index in [-0.39, 0.29) is 12.0 Å². The largest absolute Gasteiger partial charge is 0.481 e. The van der Waals surface area contributed by atoms with Crippen LogP contribution < -0.4 is 0 Å². The minimum atomic E-state index is -0.926. The Labute approximate surface area is 93.1 Å². The summed E-state index contributed by atoms with van der Waals surface area (Å²) < 4.78 is 13.0. The van der Waals surface area contributed by atoms with Gasteiger partial charge in [-0.2, -0.15) is 5.26 Å². The number of nitriles is 1. The first-order valence-electron chi connectivity index (χ1n) is 4.79. The van der Waals surface area contributed by atoms with Crippen molar-refractivity contribution < 1.29 is 14.3 Å². The van der Waals surface area contributed by atoms with E-state index in [1.807, 2.05) is 0 Å². The van der Waals surface area contributed by atoms with Gasteiger partial charge in [0.1, 0.15) is 11.9 Å². The zero-order chi connectivity index (χ0) is 12.3. The summed E-state index contributed by atoms with van der Waals surface area (Å²) in [6.07, 6.45) is 0.261. The van der Waals surface area contributed by atoms with Crippen molar-refractivity contribution >= 4 is 5.97 Å². The topological polar surface area (TPSA) is 61.1 Å². The molecule has 0 saturated carbocycles. The van der Waals surface area contributed by atoms with Gasteiger partial charge in [0, 0.05) is 0 Å². The van der Waals surface area contributed by atoms with Gasteiger partial charge >= 0.3 is 5.97 Å². The number of carboxylic acids is 1. The first-order chi connectivity index (χ1) is 7.36. The van der Waals surface area contributed by atoms with Gasteiger partial charge in [-0.1, -0.05) is 6.07 Å². The highest BCUT2D eigenvalue weighted by molar-refractivity contribution is 5.74. The van der Waals surface area contributed by atoms with E-state index in [4.69, 9.17) is 10.4 Å². The van der Waals surface area contributed by atoms with Gasteiger partial charge in [-0.05, 0) is 38.0 Å². The summed E-state index contributed by atoms with van der Waals surface area (Å²) in [6.45, 7) is 3.18. The molecule has 1 rings (SSSR count). The molecule has 0 radical (unpaired) electrons. The van der Waals surface area contributed by atoms with Gasteiger partial charge in [0.05, 0.1) is 11.0 Å². The van der Waals surface area contributed by atoms with Crippen molar-refractivity contribution in [1.29, 1.82) is 5.26 Å². The Kier molecular flexibility index (Phi) is 3.28. The average molecular weight is 221 g/mol. The highest BCUT2D eigenvalue weighted by Crippen LogP contribution is 2.23. The number of nitrogens with zero attached hydrogens (tertiary/aromatic N) is 1. The summed E-state index contributed by atoms with van der Waals surface area (Å²) in [6, 6.07) is 5.80. The lowest BCUT2D eigenvalue weighted by molar-refractivity contribution is -0.146. The van der Waals surface area contributed by atoms with Crippen LogP contribution in [0, 0.1) is 22.6 Å². The van der Waals surface area contributed by atoms with Gasteiger partial charge in [-0.3, -0.25) is 4.79 Å². The van der Waals surface area contributed by atoms with E-state index < -0.39 is 17.2 Å². The molecule has 0 aliphatic carbocycles. The maximum Gasteiger partial charge on any atom is 0.309 e. The van der Waals surface area contributed by atoms with Crippen LogP contribution in [-0.2, 0) is 11.2 Å². The highest BCUT2D eigenvalue weighted by atomic mass is 19.1. The second kappa shape index (κ2) is 4.31. The van der Waals surface area contributed by atoms with Crippen LogP contribution in [0.3, 0.4) is 0 Å². The molecule has 1 aromatic carbocycles. The molecule has 84 valence electrons. The van der Waals surface area contributed by atoms with E-state index in [1.165, 1.54) is 18.2 Å². The molecule has 0 aliphatic heterocycles. The molecule has 16 heavy (non-hydrogen) atoms. The fraction of sp³-hybridized carbons (Fsp3) is 0.333. The molecule has 1 aromatic rings. The fourth-order valence-electron chi connectivity index (χ4n) is 1.35. The molecule has 4 heteroatoms. The summed E-state index contributed by atoms with van der Waals surface area (Å²) >= 11 is 0. The van der Waals surface area contributed by atoms with Gasteiger partial charge in [-0.15, -0.1) is 0 Å². The van der Waals surface area contributed by atoms with Gasteiger partial charge in [-0.25, -0.2) is 4.39 Å². The summed E-state index contributed by atoms with van der Waals surface area (Å²) in [4.78, 5) is 10.9. The maximum atomic E-state index is 13.0. The number of halogens is 1. The van der Waals surface area contributed by atoms with Crippen LogP contribution in [0.5, 0.6) is 0 Å². The van der Waals surface area contributed by atoms with Gasteiger partial charge < -0.3 is 5.11 Å². The molecule has 0 spiro atoms. The number of rotatable bonds is 3. The zero-order valence-corrected chi connectivity index (χ0v) is 9.12. The third-order valence-electron chi connectivity index (χ3n) is 2.38. The van der Waals surface area contributed by atoms with E-state index in [9.17, 15) is 9.18 Å². The summed E-state index contributed by atoms with van der Waals surface area (Å²) in [7, 11) is 0. The lowest BCUT2D eigenvalue weighted by Gasteiger charge is -2.18. The van der Waals surface area contributed by atoms with Crippen LogP contribution in [0.2, 0.25) is 0 Å². The molecule has 0 saturated heterocycles. The lowest BCUT2D eigenvalue weighted by Crippen LogP contribution is -2.26. The predicted molar refractivity (Wildman–Crippen MR) is 56.2 cm³/mol. The van der Waals surface area contributed by atoms with E-state index in [2.05, 4.69) is 0 Å². The standard InChI is InChI=1S/C12H12FNO2/c1-12(2,11(15)16)6-8-3-4-10(13)9(5-8)7-14/h3-5H,6H2,1-2H3,(H,15,16). The number of benzene rings is 1. The third kappa shape index (κ3) is 2.57. The summed E-state index contributed by atoms with van der Waals surface area (Å²) in [5, 5.41) is 17.6. The molecule has 0 fully saturated rings. The first-order valence-corrected chi connectivity index (χ1v) is 4.79. The number of carbonyl (C=O) groups is 1. The SMILES string of the molecule is CC(C)(Cc1ccc(F)c(C#N)c1)C(=O)O. The molecule has 3 nitrogen and oxygen atoms in total. The summed E-state index contributed by atoms with van der Waals surface area (Å²) in [5.41, 5.74) is -0.339. The lowest BCUT2D eigenvalue weighted by atomic mass is 9.85. The Hall–Kier alpha value is -1.89. The van der Waals surface area contributed by atoms with Crippen molar-refractivity contribution in [2.75, 3.05) is 0 Å². The maximum absolute atomic E-state index is 13.0. The second-order valence-electron chi connectivity index (χ2n) is 4.29. The molecule has 0 bridgehead atoms. The smallest absolute Gasteiger partial charge is 0.309 e. The molecule has 1 N–H and O–H groups in total. The molecular formula is C12H12FNO2. The highest BCUT2D eigenvalue weighted by Gasteiger charge is 2.27. The first kappa shape index (κ1) is 12.2. The van der Waals surface area contributed by atoms with Crippen LogP contribution in [0.4, 0.5) is 4.39 Å². The zero-order valence-electron chi connectivity index (χ0n) is 9.12. The van der Waals surface area contributed by atoms with Gasteiger partial charge in [0.2, 0.25) is 0 Å². The summed E-state index contributed by atoms with van der Waals surface area (Å²) in [5.74, 6) is -1.50. The number of hydrogen-bond donors (Lipinski definition) is 1. The van der Waals surface area contributed by atoms with Crippen LogP contribution in [0.1, 0.15) is 25.0 Å². The van der Waals surface area contributed by atoms with Crippen molar-refractivity contribution in [1.82, 2.24) is 0 Å². The normalized spacial score (nSPS) is 10.9. The van der Waals surface area contributed by atoms with Gasteiger partial charge in [0.25, 0.3) is 0 Å². The van der Waals surface area contributed by atoms with Crippen LogP contribution in [0.15, 0.2) is 18.2 Å². The van der Waals surface area contributed by atoms with Crippen LogP contribution >= 0.6 is 0 Å². The van der Waals surface area contributed by atoms with Crippen LogP contribution in [0.25, 0.3) is 0 Å². The fourth-order valence-corrected chi connectivity index (χ4v) is 1.35. The molecule has 0 aliphatic rings. The van der Waals surface area contributed by atoms with E-state index >= 15 is 0 Å². The molecule has 0 unspecified atom stereocenters. The minimum absolute atomic E-state index is 0.0568. The van der Waals surface area contributed by atoms with Crippen molar-refractivity contribution in [3.05, 3.63) is 35.1 Å². The second-order valence-corrected chi connectivity index (χ2v) is 4.29. The Morgan fingerprint density at radius 2 is 2.19 bits per heavy atom. The third-order valence-corrected chi connectivity index (χ3v) is 2.38. The van der Waals surface area contributed by atoms with Crippen molar-refractivity contribution in [3.8, 4) is 6.07 Å². The molecule has 0 amide bonds. The monoisotopic (exact) mass is 221 g/mol.